The topological polar surface area (TPSA) is 61.5 Å². The molecule has 2 N–H and O–H groups in total. The first-order valence-corrected chi connectivity index (χ1v) is 11.4. The van der Waals surface area contributed by atoms with Crippen LogP contribution in [0.2, 0.25) is 4.34 Å². The molecule has 1 heterocycles. The lowest BCUT2D eigenvalue weighted by atomic mass is 9.87. The average Bonchev–Trinajstić information content (AvgIpc) is 3.06. The molecule has 1 aromatic heterocycles. The standard InChI is InChI=1S/C24H24ClNO3S/c1-2-28-24(27)20-19(22(25)30-23(20)26)18-13-12-16-10-6-7-11-17(16)21(18)29-14-15-8-4-3-5-9-15/h3-5,8-9,12-13H,2,6-7,10-11,14,26H2,1H3. The number of fused-ring (bicyclic) bond motifs is 1. The molecule has 0 saturated carbocycles. The molecule has 0 unspecified atom stereocenters. The van der Waals surface area contributed by atoms with Gasteiger partial charge in [0.2, 0.25) is 0 Å². The van der Waals surface area contributed by atoms with Crippen LogP contribution in [0.4, 0.5) is 5.00 Å². The number of nitrogen functional groups attached to an aromatic ring is 1. The summed E-state index contributed by atoms with van der Waals surface area (Å²) in [6.45, 7) is 2.48. The first-order chi connectivity index (χ1) is 14.6. The summed E-state index contributed by atoms with van der Waals surface area (Å²) >= 11 is 7.77. The van der Waals surface area contributed by atoms with E-state index in [4.69, 9.17) is 26.8 Å². The van der Waals surface area contributed by atoms with Gasteiger partial charge in [-0.3, -0.25) is 0 Å². The number of esters is 1. The third-order valence-electron chi connectivity index (χ3n) is 5.35. The molecule has 2 aromatic carbocycles. The van der Waals surface area contributed by atoms with Crippen LogP contribution in [0.15, 0.2) is 42.5 Å². The number of nitrogens with two attached hydrogens (primary N) is 1. The fourth-order valence-corrected chi connectivity index (χ4v) is 5.19. The van der Waals surface area contributed by atoms with E-state index < -0.39 is 5.97 Å². The van der Waals surface area contributed by atoms with E-state index in [0.717, 1.165) is 36.1 Å². The van der Waals surface area contributed by atoms with Crippen LogP contribution in [0.25, 0.3) is 11.1 Å². The molecule has 0 atom stereocenters. The molecule has 0 bridgehead atoms. The molecule has 156 valence electrons. The summed E-state index contributed by atoms with van der Waals surface area (Å²) in [6, 6.07) is 14.2. The molecular formula is C24H24ClNO3S. The third kappa shape index (κ3) is 4.05. The van der Waals surface area contributed by atoms with Crippen LogP contribution < -0.4 is 10.5 Å². The fraction of sp³-hybridized carbons (Fsp3) is 0.292. The molecule has 30 heavy (non-hydrogen) atoms. The number of ether oxygens (including phenoxy) is 2. The zero-order valence-electron chi connectivity index (χ0n) is 16.9. The van der Waals surface area contributed by atoms with E-state index in [1.54, 1.807) is 6.92 Å². The minimum atomic E-state index is -0.458. The second-order valence-electron chi connectivity index (χ2n) is 7.27. The molecule has 4 nitrogen and oxygen atoms in total. The van der Waals surface area contributed by atoms with Crippen LogP contribution in [-0.2, 0) is 24.2 Å². The molecule has 0 fully saturated rings. The Kier molecular flexibility index (Phi) is 6.30. The van der Waals surface area contributed by atoms with Crippen molar-refractivity contribution in [3.63, 3.8) is 0 Å². The number of anilines is 1. The van der Waals surface area contributed by atoms with Crippen LogP contribution in [0.3, 0.4) is 0 Å². The van der Waals surface area contributed by atoms with Gasteiger partial charge in [0.1, 0.15) is 27.3 Å². The van der Waals surface area contributed by atoms with Gasteiger partial charge < -0.3 is 15.2 Å². The predicted octanol–water partition coefficient (Wildman–Crippen LogP) is 6.29. The maximum Gasteiger partial charge on any atom is 0.341 e. The van der Waals surface area contributed by atoms with Gasteiger partial charge in [-0.05, 0) is 49.3 Å². The zero-order chi connectivity index (χ0) is 21.1. The van der Waals surface area contributed by atoms with Gasteiger partial charge in [0.25, 0.3) is 0 Å². The van der Waals surface area contributed by atoms with E-state index >= 15 is 0 Å². The predicted molar refractivity (Wildman–Crippen MR) is 123 cm³/mol. The van der Waals surface area contributed by atoms with Crippen molar-refractivity contribution >= 4 is 33.9 Å². The molecule has 0 radical (unpaired) electrons. The normalized spacial score (nSPS) is 13.0. The van der Waals surface area contributed by atoms with Crippen LogP contribution in [0.1, 0.15) is 46.8 Å². The fourth-order valence-electron chi connectivity index (χ4n) is 3.95. The van der Waals surface area contributed by atoms with E-state index in [2.05, 4.69) is 6.07 Å². The highest BCUT2D eigenvalue weighted by Gasteiger charge is 2.28. The van der Waals surface area contributed by atoms with Crippen molar-refractivity contribution in [2.75, 3.05) is 12.3 Å². The van der Waals surface area contributed by atoms with Crippen molar-refractivity contribution in [1.82, 2.24) is 0 Å². The molecule has 3 aromatic rings. The smallest absolute Gasteiger partial charge is 0.341 e. The Bertz CT molecular complexity index is 1060. The number of hydrogen-bond donors (Lipinski definition) is 1. The third-order valence-corrected chi connectivity index (χ3v) is 6.58. The Morgan fingerprint density at radius 2 is 1.90 bits per heavy atom. The summed E-state index contributed by atoms with van der Waals surface area (Å²) in [5.74, 6) is 0.334. The van der Waals surface area contributed by atoms with E-state index in [1.165, 1.54) is 28.9 Å². The maximum atomic E-state index is 12.7. The Morgan fingerprint density at radius 3 is 2.67 bits per heavy atom. The van der Waals surface area contributed by atoms with E-state index in [0.29, 0.717) is 27.1 Å². The highest BCUT2D eigenvalue weighted by Crippen LogP contribution is 2.48. The van der Waals surface area contributed by atoms with Crippen molar-refractivity contribution < 1.29 is 14.3 Å². The zero-order valence-corrected chi connectivity index (χ0v) is 18.4. The Labute approximate surface area is 185 Å². The SMILES string of the molecule is CCOC(=O)c1c(N)sc(Cl)c1-c1ccc2c(c1OCc1ccccc1)CCCC2. The second-order valence-corrected chi connectivity index (χ2v) is 8.93. The van der Waals surface area contributed by atoms with Crippen molar-refractivity contribution in [1.29, 1.82) is 0 Å². The monoisotopic (exact) mass is 441 g/mol. The summed E-state index contributed by atoms with van der Waals surface area (Å²) in [4.78, 5) is 12.7. The summed E-state index contributed by atoms with van der Waals surface area (Å²) in [6.07, 6.45) is 4.26. The van der Waals surface area contributed by atoms with Gasteiger partial charge >= 0.3 is 5.97 Å². The number of carbonyl (C=O) groups excluding carboxylic acids is 1. The molecule has 4 rings (SSSR count). The lowest BCUT2D eigenvalue weighted by Crippen LogP contribution is -2.10. The summed E-state index contributed by atoms with van der Waals surface area (Å²) < 4.78 is 12.1. The Morgan fingerprint density at radius 1 is 1.13 bits per heavy atom. The number of aryl methyl sites for hydroxylation is 1. The summed E-state index contributed by atoms with van der Waals surface area (Å²) in [5.41, 5.74) is 11.5. The van der Waals surface area contributed by atoms with Crippen molar-refractivity contribution in [3.8, 4) is 16.9 Å². The number of thiophene rings is 1. The molecule has 0 saturated heterocycles. The second kappa shape index (κ2) is 9.11. The lowest BCUT2D eigenvalue weighted by Gasteiger charge is -2.23. The van der Waals surface area contributed by atoms with Crippen LogP contribution >= 0.6 is 22.9 Å². The van der Waals surface area contributed by atoms with Gasteiger partial charge in [-0.15, -0.1) is 11.3 Å². The van der Waals surface area contributed by atoms with Crippen LogP contribution in [0.5, 0.6) is 5.75 Å². The van der Waals surface area contributed by atoms with Gasteiger partial charge in [-0.25, -0.2) is 4.79 Å². The number of hydrogen-bond acceptors (Lipinski definition) is 5. The number of carbonyl (C=O) groups is 1. The average molecular weight is 442 g/mol. The van der Waals surface area contributed by atoms with E-state index in [9.17, 15) is 4.79 Å². The molecule has 0 aliphatic heterocycles. The van der Waals surface area contributed by atoms with Crippen LogP contribution in [0, 0.1) is 0 Å². The molecule has 0 amide bonds. The Balaban J connectivity index is 1.83. The minimum Gasteiger partial charge on any atom is -0.488 e. The molecule has 1 aliphatic rings. The van der Waals surface area contributed by atoms with Gasteiger partial charge in [0.05, 0.1) is 6.61 Å². The number of halogens is 1. The highest BCUT2D eigenvalue weighted by molar-refractivity contribution is 7.20. The first-order valence-electron chi connectivity index (χ1n) is 10.2. The molecular weight excluding hydrogens is 418 g/mol. The molecule has 1 aliphatic carbocycles. The minimum absolute atomic E-state index is 0.271. The van der Waals surface area contributed by atoms with Gasteiger partial charge in [-0.1, -0.05) is 54.1 Å². The maximum absolute atomic E-state index is 12.7. The first kappa shape index (κ1) is 20.8. The highest BCUT2D eigenvalue weighted by atomic mass is 35.5. The lowest BCUT2D eigenvalue weighted by molar-refractivity contribution is 0.0529. The summed E-state index contributed by atoms with van der Waals surface area (Å²) in [5, 5.41) is 0.361. The quantitative estimate of drug-likeness (QED) is 0.457. The van der Waals surface area contributed by atoms with E-state index in [-0.39, 0.29) is 6.61 Å². The van der Waals surface area contributed by atoms with Gasteiger partial charge in [0, 0.05) is 11.1 Å². The number of benzene rings is 2. The van der Waals surface area contributed by atoms with Gasteiger partial charge in [-0.2, -0.15) is 0 Å². The van der Waals surface area contributed by atoms with E-state index in [1.807, 2.05) is 36.4 Å². The van der Waals surface area contributed by atoms with Gasteiger partial charge in [0.15, 0.2) is 0 Å². The van der Waals surface area contributed by atoms with Crippen molar-refractivity contribution in [2.45, 2.75) is 39.2 Å². The van der Waals surface area contributed by atoms with Crippen molar-refractivity contribution in [3.05, 3.63) is 69.1 Å². The number of rotatable bonds is 6. The largest absolute Gasteiger partial charge is 0.488 e. The molecule has 0 spiro atoms. The summed E-state index contributed by atoms with van der Waals surface area (Å²) in [7, 11) is 0. The molecule has 6 heteroatoms. The Hall–Kier alpha value is -2.50. The van der Waals surface area contributed by atoms with Crippen molar-refractivity contribution in [2.24, 2.45) is 0 Å². The van der Waals surface area contributed by atoms with Crippen LogP contribution in [-0.4, -0.2) is 12.6 Å².